The summed E-state index contributed by atoms with van der Waals surface area (Å²) in [6.45, 7) is 0. The van der Waals surface area contributed by atoms with E-state index in [1.54, 1.807) is 18.0 Å². The summed E-state index contributed by atoms with van der Waals surface area (Å²) in [5, 5.41) is 11.5. The number of hydrogen-bond donors (Lipinski definition) is 1. The Hall–Kier alpha value is -2.25. The van der Waals surface area contributed by atoms with Crippen molar-refractivity contribution in [1.29, 1.82) is 0 Å². The molecule has 3 rings (SSSR count). The summed E-state index contributed by atoms with van der Waals surface area (Å²) in [5.41, 5.74) is 1.81. The predicted molar refractivity (Wildman–Crippen MR) is 96.5 cm³/mol. The zero-order valence-corrected chi connectivity index (χ0v) is 14.6. The molecule has 0 saturated heterocycles. The number of methoxy groups -OCH3 is 1. The van der Waals surface area contributed by atoms with Gasteiger partial charge in [0.2, 0.25) is 4.77 Å². The maximum atomic E-state index is 5.27. The standard InChI is InChI=1S/C16H13BrN4OS/c1-22-13-7-4-6-11(9-13)15-19-20-16(23)21(15)18-10-12-5-2-3-8-14(12)17/h2-10H,1H3,(H,20,23)/b18-10+. The Balaban J connectivity index is 2.02. The SMILES string of the molecule is COc1cccc(-c2n[nH]c(=S)n2/N=C/c2ccccc2Br)c1. The number of ether oxygens (including phenoxy) is 1. The van der Waals surface area contributed by atoms with Crippen molar-refractivity contribution in [2.24, 2.45) is 5.10 Å². The molecule has 1 aromatic heterocycles. The number of nitrogens with one attached hydrogen (secondary N) is 1. The average molecular weight is 389 g/mol. The quantitative estimate of drug-likeness (QED) is 0.536. The van der Waals surface area contributed by atoms with Crippen LogP contribution in [0.5, 0.6) is 5.75 Å². The first-order valence-electron chi connectivity index (χ1n) is 6.80. The van der Waals surface area contributed by atoms with E-state index in [0.717, 1.165) is 21.3 Å². The fraction of sp³-hybridized carbons (Fsp3) is 0.0625. The topological polar surface area (TPSA) is 55.2 Å². The number of aromatic amines is 1. The van der Waals surface area contributed by atoms with Gasteiger partial charge in [-0.05, 0) is 30.4 Å². The van der Waals surface area contributed by atoms with E-state index in [1.165, 1.54) is 0 Å². The number of rotatable bonds is 4. The largest absolute Gasteiger partial charge is 0.497 e. The van der Waals surface area contributed by atoms with E-state index in [0.29, 0.717) is 10.6 Å². The lowest BCUT2D eigenvalue weighted by Crippen LogP contribution is -1.96. The van der Waals surface area contributed by atoms with Crippen molar-refractivity contribution in [3.05, 3.63) is 63.3 Å². The van der Waals surface area contributed by atoms with Gasteiger partial charge in [0.1, 0.15) is 5.75 Å². The number of aromatic nitrogens is 3. The summed E-state index contributed by atoms with van der Waals surface area (Å²) in [6, 6.07) is 15.4. The van der Waals surface area contributed by atoms with Gasteiger partial charge in [0, 0.05) is 15.6 Å². The molecule has 0 atom stereocenters. The fourth-order valence-electron chi connectivity index (χ4n) is 2.05. The van der Waals surface area contributed by atoms with Crippen molar-refractivity contribution in [2.75, 3.05) is 7.11 Å². The van der Waals surface area contributed by atoms with Crippen LogP contribution in [0.3, 0.4) is 0 Å². The molecule has 2 aromatic carbocycles. The van der Waals surface area contributed by atoms with E-state index in [4.69, 9.17) is 17.0 Å². The van der Waals surface area contributed by atoms with E-state index >= 15 is 0 Å². The number of nitrogens with zero attached hydrogens (tertiary/aromatic N) is 3. The third-order valence-electron chi connectivity index (χ3n) is 3.20. The maximum Gasteiger partial charge on any atom is 0.216 e. The second-order valence-electron chi connectivity index (χ2n) is 4.66. The van der Waals surface area contributed by atoms with E-state index in [9.17, 15) is 0 Å². The minimum atomic E-state index is 0.422. The molecule has 0 unspecified atom stereocenters. The van der Waals surface area contributed by atoms with Crippen molar-refractivity contribution in [1.82, 2.24) is 14.9 Å². The van der Waals surface area contributed by atoms with Crippen LogP contribution >= 0.6 is 28.1 Å². The van der Waals surface area contributed by atoms with E-state index < -0.39 is 0 Å². The summed E-state index contributed by atoms with van der Waals surface area (Å²) in [5.74, 6) is 1.37. The molecule has 5 nitrogen and oxygen atoms in total. The molecule has 0 aliphatic heterocycles. The Bertz CT molecular complexity index is 916. The monoisotopic (exact) mass is 388 g/mol. The molecule has 0 amide bonds. The molecule has 0 fully saturated rings. The van der Waals surface area contributed by atoms with Gasteiger partial charge in [-0.25, -0.2) is 5.10 Å². The number of halogens is 1. The highest BCUT2D eigenvalue weighted by atomic mass is 79.9. The van der Waals surface area contributed by atoms with Gasteiger partial charge in [-0.15, -0.1) is 0 Å². The average Bonchev–Trinajstić information content (AvgIpc) is 2.95. The van der Waals surface area contributed by atoms with Crippen molar-refractivity contribution in [3.63, 3.8) is 0 Å². The van der Waals surface area contributed by atoms with Crippen molar-refractivity contribution >= 4 is 34.4 Å². The lowest BCUT2D eigenvalue weighted by Gasteiger charge is -2.04. The molecule has 1 heterocycles. The summed E-state index contributed by atoms with van der Waals surface area (Å²) in [4.78, 5) is 0. The van der Waals surface area contributed by atoms with Crippen LogP contribution in [0.25, 0.3) is 11.4 Å². The molecule has 0 bridgehead atoms. The molecular weight excluding hydrogens is 376 g/mol. The smallest absolute Gasteiger partial charge is 0.216 e. The minimum Gasteiger partial charge on any atom is -0.497 e. The summed E-state index contributed by atoms with van der Waals surface area (Å²) < 4.78 is 8.22. The highest BCUT2D eigenvalue weighted by molar-refractivity contribution is 9.10. The van der Waals surface area contributed by atoms with Crippen LogP contribution in [0.2, 0.25) is 0 Å². The molecule has 3 aromatic rings. The van der Waals surface area contributed by atoms with Crippen LogP contribution in [-0.4, -0.2) is 28.2 Å². The predicted octanol–water partition coefficient (Wildman–Crippen LogP) is 4.26. The molecule has 0 saturated carbocycles. The molecular formula is C16H13BrN4OS. The Kier molecular flexibility index (Phi) is 4.68. The summed E-state index contributed by atoms with van der Waals surface area (Å²) in [6.07, 6.45) is 1.74. The second kappa shape index (κ2) is 6.89. The first-order valence-corrected chi connectivity index (χ1v) is 8.00. The Labute approximate surface area is 146 Å². The zero-order chi connectivity index (χ0) is 16.2. The Morgan fingerprint density at radius 1 is 1.26 bits per heavy atom. The minimum absolute atomic E-state index is 0.422. The summed E-state index contributed by atoms with van der Waals surface area (Å²) >= 11 is 8.77. The van der Waals surface area contributed by atoms with Gasteiger partial charge in [-0.2, -0.15) is 14.9 Å². The second-order valence-corrected chi connectivity index (χ2v) is 5.90. The van der Waals surface area contributed by atoms with Crippen LogP contribution < -0.4 is 4.74 Å². The van der Waals surface area contributed by atoms with Crippen LogP contribution in [0, 0.1) is 4.77 Å². The van der Waals surface area contributed by atoms with Crippen molar-refractivity contribution in [2.45, 2.75) is 0 Å². The molecule has 0 aliphatic rings. The number of hydrogen-bond acceptors (Lipinski definition) is 4. The van der Waals surface area contributed by atoms with Gasteiger partial charge in [-0.3, -0.25) is 0 Å². The molecule has 0 spiro atoms. The third-order valence-corrected chi connectivity index (χ3v) is 4.18. The lowest BCUT2D eigenvalue weighted by molar-refractivity contribution is 0.415. The number of benzene rings is 2. The van der Waals surface area contributed by atoms with Crippen molar-refractivity contribution in [3.8, 4) is 17.1 Å². The Morgan fingerprint density at radius 3 is 2.87 bits per heavy atom. The molecule has 1 N–H and O–H groups in total. The first kappa shape index (κ1) is 15.6. The molecule has 23 heavy (non-hydrogen) atoms. The lowest BCUT2D eigenvalue weighted by atomic mass is 10.2. The van der Waals surface area contributed by atoms with Gasteiger partial charge in [0.05, 0.1) is 13.3 Å². The molecule has 0 aliphatic carbocycles. The van der Waals surface area contributed by atoms with Crippen molar-refractivity contribution < 1.29 is 4.74 Å². The van der Waals surface area contributed by atoms with Crippen LogP contribution in [0.15, 0.2) is 58.1 Å². The normalized spacial score (nSPS) is 11.0. The van der Waals surface area contributed by atoms with Crippen LogP contribution in [0.1, 0.15) is 5.56 Å². The zero-order valence-electron chi connectivity index (χ0n) is 12.2. The Morgan fingerprint density at radius 2 is 2.09 bits per heavy atom. The fourth-order valence-corrected chi connectivity index (χ4v) is 2.61. The van der Waals surface area contributed by atoms with E-state index in [-0.39, 0.29) is 0 Å². The molecule has 0 radical (unpaired) electrons. The first-order chi connectivity index (χ1) is 11.2. The van der Waals surface area contributed by atoms with E-state index in [1.807, 2.05) is 48.5 Å². The molecule has 7 heteroatoms. The summed E-state index contributed by atoms with van der Waals surface area (Å²) in [7, 11) is 1.63. The van der Waals surface area contributed by atoms with Gasteiger partial charge < -0.3 is 4.74 Å². The highest BCUT2D eigenvalue weighted by Crippen LogP contribution is 2.22. The van der Waals surface area contributed by atoms with Gasteiger partial charge in [0.25, 0.3) is 0 Å². The molecule has 116 valence electrons. The van der Waals surface area contributed by atoms with E-state index in [2.05, 4.69) is 31.2 Å². The van der Waals surface area contributed by atoms with Crippen LogP contribution in [-0.2, 0) is 0 Å². The van der Waals surface area contributed by atoms with Gasteiger partial charge >= 0.3 is 0 Å². The third kappa shape index (κ3) is 3.40. The van der Waals surface area contributed by atoms with Crippen LogP contribution in [0.4, 0.5) is 0 Å². The van der Waals surface area contributed by atoms with Gasteiger partial charge in [0.15, 0.2) is 5.82 Å². The maximum absolute atomic E-state index is 5.27. The highest BCUT2D eigenvalue weighted by Gasteiger charge is 2.09. The van der Waals surface area contributed by atoms with Gasteiger partial charge in [-0.1, -0.05) is 46.3 Å². The number of H-pyrrole nitrogens is 1.